The SMILES string of the molecule is Clc1cc2c(cc1C(Br)c1cc(Br)c(Br)s1)OCCCO2. The molecule has 0 spiro atoms. The van der Waals surface area contributed by atoms with Crippen LogP contribution in [-0.4, -0.2) is 13.2 Å². The van der Waals surface area contributed by atoms with Crippen molar-refractivity contribution in [1.29, 1.82) is 0 Å². The summed E-state index contributed by atoms with van der Waals surface area (Å²) in [5.41, 5.74) is 0.974. The van der Waals surface area contributed by atoms with E-state index in [1.54, 1.807) is 11.3 Å². The van der Waals surface area contributed by atoms with E-state index >= 15 is 0 Å². The molecular weight excluding hydrogens is 507 g/mol. The Kier molecular flexibility index (Phi) is 5.21. The highest BCUT2D eigenvalue weighted by Crippen LogP contribution is 2.46. The minimum atomic E-state index is 0.00903. The first kappa shape index (κ1) is 16.1. The molecule has 0 saturated carbocycles. The minimum absolute atomic E-state index is 0.00903. The maximum Gasteiger partial charge on any atom is 0.162 e. The molecule has 0 radical (unpaired) electrons. The molecule has 0 amide bonds. The molecule has 0 bridgehead atoms. The summed E-state index contributed by atoms with van der Waals surface area (Å²) in [7, 11) is 0. The summed E-state index contributed by atoms with van der Waals surface area (Å²) >= 11 is 18.8. The molecule has 3 rings (SSSR count). The quantitative estimate of drug-likeness (QED) is 0.420. The van der Waals surface area contributed by atoms with Gasteiger partial charge in [0.2, 0.25) is 0 Å². The summed E-state index contributed by atoms with van der Waals surface area (Å²) in [4.78, 5) is 1.17. The van der Waals surface area contributed by atoms with E-state index in [2.05, 4.69) is 53.9 Å². The first-order chi connectivity index (χ1) is 10.1. The Morgan fingerprint density at radius 3 is 2.38 bits per heavy atom. The predicted octanol–water partition coefficient (Wildman–Crippen LogP) is 6.57. The van der Waals surface area contributed by atoms with Gasteiger partial charge in [0, 0.05) is 26.9 Å². The van der Waals surface area contributed by atoms with E-state index in [1.807, 2.05) is 12.1 Å². The molecular formula is C14H10Br3ClO2S. The number of halogens is 4. The lowest BCUT2D eigenvalue weighted by Crippen LogP contribution is -1.97. The zero-order valence-electron chi connectivity index (χ0n) is 10.7. The summed E-state index contributed by atoms with van der Waals surface area (Å²) in [6, 6.07) is 5.88. The number of hydrogen-bond donors (Lipinski definition) is 0. The Morgan fingerprint density at radius 2 is 1.76 bits per heavy atom. The van der Waals surface area contributed by atoms with Gasteiger partial charge >= 0.3 is 0 Å². The Balaban J connectivity index is 1.99. The predicted molar refractivity (Wildman–Crippen MR) is 97.5 cm³/mol. The van der Waals surface area contributed by atoms with Crippen LogP contribution >= 0.6 is 70.7 Å². The van der Waals surface area contributed by atoms with Gasteiger partial charge in [-0.25, -0.2) is 0 Å². The molecule has 112 valence electrons. The molecule has 1 aromatic carbocycles. The molecule has 2 nitrogen and oxygen atoms in total. The first-order valence-electron chi connectivity index (χ1n) is 6.24. The van der Waals surface area contributed by atoms with E-state index in [0.717, 1.165) is 36.6 Å². The molecule has 0 saturated heterocycles. The molecule has 1 aliphatic heterocycles. The summed E-state index contributed by atoms with van der Waals surface area (Å²) in [5, 5.41) is 0.668. The number of benzene rings is 1. The van der Waals surface area contributed by atoms with Crippen LogP contribution < -0.4 is 9.47 Å². The monoisotopic (exact) mass is 514 g/mol. The number of rotatable bonds is 2. The van der Waals surface area contributed by atoms with Crippen molar-refractivity contribution >= 4 is 70.7 Å². The van der Waals surface area contributed by atoms with Gasteiger partial charge in [-0.05, 0) is 49.6 Å². The number of hydrogen-bond acceptors (Lipinski definition) is 3. The van der Waals surface area contributed by atoms with Crippen LogP contribution in [0.25, 0.3) is 0 Å². The van der Waals surface area contributed by atoms with Crippen molar-refractivity contribution in [3.05, 3.63) is 41.9 Å². The van der Waals surface area contributed by atoms with Gasteiger partial charge in [0.15, 0.2) is 11.5 Å². The molecule has 1 atom stereocenters. The highest BCUT2D eigenvalue weighted by Gasteiger charge is 2.21. The average molecular weight is 517 g/mol. The van der Waals surface area contributed by atoms with Gasteiger partial charge in [-0.3, -0.25) is 0 Å². The van der Waals surface area contributed by atoms with E-state index in [1.165, 1.54) is 0 Å². The van der Waals surface area contributed by atoms with Crippen LogP contribution in [0.3, 0.4) is 0 Å². The molecule has 1 aromatic heterocycles. The molecule has 21 heavy (non-hydrogen) atoms. The lowest BCUT2D eigenvalue weighted by molar-refractivity contribution is 0.297. The van der Waals surface area contributed by atoms with Gasteiger partial charge < -0.3 is 9.47 Å². The summed E-state index contributed by atoms with van der Waals surface area (Å²) in [6.07, 6.45) is 0.879. The van der Waals surface area contributed by atoms with Gasteiger partial charge in [0.1, 0.15) is 0 Å². The fourth-order valence-electron chi connectivity index (χ4n) is 2.04. The van der Waals surface area contributed by atoms with E-state index in [-0.39, 0.29) is 4.83 Å². The number of alkyl halides is 1. The van der Waals surface area contributed by atoms with Crippen LogP contribution in [0.15, 0.2) is 26.5 Å². The fourth-order valence-corrected chi connectivity index (χ4v) is 5.31. The normalized spacial score (nSPS) is 15.6. The van der Waals surface area contributed by atoms with Gasteiger partial charge in [0.25, 0.3) is 0 Å². The zero-order valence-corrected chi connectivity index (χ0v) is 17.0. The van der Waals surface area contributed by atoms with E-state index in [4.69, 9.17) is 21.1 Å². The molecule has 0 N–H and O–H groups in total. The van der Waals surface area contributed by atoms with Crippen molar-refractivity contribution in [2.45, 2.75) is 11.2 Å². The van der Waals surface area contributed by atoms with Crippen molar-refractivity contribution in [3.63, 3.8) is 0 Å². The fraction of sp³-hybridized carbons (Fsp3) is 0.286. The Labute approximate surface area is 157 Å². The molecule has 1 aliphatic rings. The summed E-state index contributed by atoms with van der Waals surface area (Å²) in [6.45, 7) is 1.32. The number of ether oxygens (including phenoxy) is 2. The number of thiophene rings is 1. The molecule has 7 heteroatoms. The average Bonchev–Trinajstić information content (AvgIpc) is 2.66. The maximum atomic E-state index is 6.42. The second-order valence-electron chi connectivity index (χ2n) is 4.50. The van der Waals surface area contributed by atoms with Crippen LogP contribution in [0.2, 0.25) is 5.02 Å². The minimum Gasteiger partial charge on any atom is -0.490 e. The van der Waals surface area contributed by atoms with Gasteiger partial charge in [-0.15, -0.1) is 11.3 Å². The summed E-state index contributed by atoms with van der Waals surface area (Å²) < 4.78 is 13.5. The molecule has 0 aliphatic carbocycles. The molecule has 1 unspecified atom stereocenters. The van der Waals surface area contributed by atoms with Crippen LogP contribution in [-0.2, 0) is 0 Å². The summed E-state index contributed by atoms with van der Waals surface area (Å²) in [5.74, 6) is 1.47. The first-order valence-corrected chi connectivity index (χ1v) is 9.93. The van der Waals surface area contributed by atoms with Gasteiger partial charge in [-0.2, -0.15) is 0 Å². The highest BCUT2D eigenvalue weighted by atomic mass is 79.9. The van der Waals surface area contributed by atoms with Crippen LogP contribution in [0, 0.1) is 0 Å². The topological polar surface area (TPSA) is 18.5 Å². The third kappa shape index (κ3) is 3.44. The van der Waals surface area contributed by atoms with Crippen LogP contribution in [0.5, 0.6) is 11.5 Å². The Hall–Kier alpha value is 0.250. The Morgan fingerprint density at radius 1 is 1.10 bits per heavy atom. The largest absolute Gasteiger partial charge is 0.490 e. The smallest absolute Gasteiger partial charge is 0.162 e. The standard InChI is InChI=1S/C14H10Br3ClO2S/c15-8-5-12(21-14(8)17)13(16)7-4-10-11(6-9(7)18)20-3-1-2-19-10/h4-6,13H,1-3H2. The third-order valence-electron chi connectivity index (χ3n) is 3.05. The Bertz CT molecular complexity index is 655. The number of fused-ring (bicyclic) bond motifs is 1. The second-order valence-corrected chi connectivity index (χ2v) is 9.08. The second kappa shape index (κ2) is 6.79. The molecule has 0 fully saturated rings. The lowest BCUT2D eigenvalue weighted by Gasteiger charge is -2.14. The van der Waals surface area contributed by atoms with E-state index < -0.39 is 0 Å². The molecule has 2 heterocycles. The maximum absolute atomic E-state index is 6.42. The highest BCUT2D eigenvalue weighted by molar-refractivity contribution is 9.13. The van der Waals surface area contributed by atoms with Crippen molar-refractivity contribution in [3.8, 4) is 11.5 Å². The van der Waals surface area contributed by atoms with Crippen molar-refractivity contribution < 1.29 is 9.47 Å². The van der Waals surface area contributed by atoms with E-state index in [9.17, 15) is 0 Å². The lowest BCUT2D eigenvalue weighted by atomic mass is 10.1. The van der Waals surface area contributed by atoms with E-state index in [0.29, 0.717) is 18.2 Å². The van der Waals surface area contributed by atoms with Crippen LogP contribution in [0.1, 0.15) is 21.7 Å². The van der Waals surface area contributed by atoms with Gasteiger partial charge in [-0.1, -0.05) is 27.5 Å². The molecule has 2 aromatic rings. The van der Waals surface area contributed by atoms with Gasteiger partial charge in [0.05, 0.1) is 21.8 Å². The van der Waals surface area contributed by atoms with Crippen molar-refractivity contribution in [2.75, 3.05) is 13.2 Å². The van der Waals surface area contributed by atoms with Crippen molar-refractivity contribution in [1.82, 2.24) is 0 Å². The zero-order chi connectivity index (χ0) is 15.0. The van der Waals surface area contributed by atoms with Crippen molar-refractivity contribution in [2.24, 2.45) is 0 Å². The van der Waals surface area contributed by atoms with Crippen LogP contribution in [0.4, 0.5) is 0 Å². The third-order valence-corrected chi connectivity index (χ3v) is 7.99.